The van der Waals surface area contributed by atoms with Crippen molar-refractivity contribution < 1.29 is 19.1 Å². The number of para-hydroxylation sites is 1. The van der Waals surface area contributed by atoms with E-state index < -0.39 is 11.8 Å². The van der Waals surface area contributed by atoms with Gasteiger partial charge in [-0.2, -0.15) is 0 Å². The van der Waals surface area contributed by atoms with Crippen molar-refractivity contribution in [1.82, 2.24) is 0 Å². The molecular formula is C20H21N3O4S. The molecule has 1 aliphatic heterocycles. The number of nitrogens with zero attached hydrogens (tertiary/aromatic N) is 1. The van der Waals surface area contributed by atoms with E-state index in [4.69, 9.17) is 4.74 Å². The van der Waals surface area contributed by atoms with E-state index in [-0.39, 0.29) is 5.91 Å². The van der Waals surface area contributed by atoms with Gasteiger partial charge in [0.2, 0.25) is 5.91 Å². The summed E-state index contributed by atoms with van der Waals surface area (Å²) >= 11 is 1.48. The van der Waals surface area contributed by atoms with Gasteiger partial charge in [0.25, 0.3) is 0 Å². The largest absolute Gasteiger partial charge is 0.494 e. The van der Waals surface area contributed by atoms with Gasteiger partial charge in [-0.15, -0.1) is 11.8 Å². The minimum Gasteiger partial charge on any atom is -0.494 e. The maximum atomic E-state index is 12.3. The summed E-state index contributed by atoms with van der Waals surface area (Å²) in [5.41, 5.74) is 1.64. The number of anilines is 3. The van der Waals surface area contributed by atoms with Gasteiger partial charge in [-0.1, -0.05) is 12.1 Å². The van der Waals surface area contributed by atoms with E-state index in [1.165, 1.54) is 18.9 Å². The first-order chi connectivity index (χ1) is 13.5. The molecule has 0 aromatic heterocycles. The number of thioether (sulfide) groups is 1. The molecule has 1 saturated heterocycles. The van der Waals surface area contributed by atoms with E-state index in [1.54, 1.807) is 35.2 Å². The van der Waals surface area contributed by atoms with Crippen LogP contribution >= 0.6 is 11.8 Å². The number of rotatable bonds is 5. The van der Waals surface area contributed by atoms with Crippen LogP contribution in [0, 0.1) is 0 Å². The molecule has 3 amide bonds. The summed E-state index contributed by atoms with van der Waals surface area (Å²) in [6, 6.07) is 12.2. The molecule has 2 aromatic carbocycles. The zero-order valence-electron chi connectivity index (χ0n) is 15.7. The maximum Gasteiger partial charge on any atom is 0.314 e. The third kappa shape index (κ3) is 4.28. The summed E-state index contributed by atoms with van der Waals surface area (Å²) in [5.74, 6) is -1.05. The second-order valence-corrected chi connectivity index (χ2v) is 6.99. The summed E-state index contributed by atoms with van der Waals surface area (Å²) in [6.45, 7) is 0.637. The highest BCUT2D eigenvalue weighted by atomic mass is 32.2. The maximum absolute atomic E-state index is 12.3. The molecule has 0 saturated carbocycles. The van der Waals surface area contributed by atoms with Crippen molar-refractivity contribution in [2.24, 2.45) is 0 Å². The number of hydrogen-bond donors (Lipinski definition) is 2. The number of hydrogen-bond acceptors (Lipinski definition) is 5. The fourth-order valence-corrected chi connectivity index (χ4v) is 3.55. The number of ether oxygens (including phenoxy) is 1. The minimum atomic E-state index is -0.789. The molecule has 28 heavy (non-hydrogen) atoms. The zero-order valence-corrected chi connectivity index (χ0v) is 16.5. The van der Waals surface area contributed by atoms with E-state index >= 15 is 0 Å². The highest BCUT2D eigenvalue weighted by Crippen LogP contribution is 2.33. The van der Waals surface area contributed by atoms with Crippen LogP contribution < -0.4 is 20.3 Å². The summed E-state index contributed by atoms with van der Waals surface area (Å²) < 4.78 is 5.37. The van der Waals surface area contributed by atoms with Crippen LogP contribution in [0.2, 0.25) is 0 Å². The Hall–Kier alpha value is -3.00. The van der Waals surface area contributed by atoms with Gasteiger partial charge in [0.15, 0.2) is 0 Å². The molecule has 8 heteroatoms. The second kappa shape index (κ2) is 8.79. The van der Waals surface area contributed by atoms with Crippen LogP contribution in [-0.4, -0.2) is 37.6 Å². The van der Waals surface area contributed by atoms with Crippen molar-refractivity contribution in [2.45, 2.75) is 17.7 Å². The quantitative estimate of drug-likeness (QED) is 0.596. The van der Waals surface area contributed by atoms with Gasteiger partial charge in [0.1, 0.15) is 5.75 Å². The predicted molar refractivity (Wildman–Crippen MR) is 110 cm³/mol. The molecule has 3 rings (SSSR count). The van der Waals surface area contributed by atoms with Gasteiger partial charge in [0.05, 0.1) is 18.5 Å². The smallest absolute Gasteiger partial charge is 0.314 e. The van der Waals surface area contributed by atoms with Crippen LogP contribution in [-0.2, 0) is 14.4 Å². The molecule has 0 spiro atoms. The Balaban J connectivity index is 1.71. The Morgan fingerprint density at radius 3 is 2.54 bits per heavy atom. The molecule has 1 fully saturated rings. The van der Waals surface area contributed by atoms with Gasteiger partial charge >= 0.3 is 11.8 Å². The van der Waals surface area contributed by atoms with Crippen molar-refractivity contribution in [3.63, 3.8) is 0 Å². The van der Waals surface area contributed by atoms with Gasteiger partial charge in [0, 0.05) is 29.6 Å². The van der Waals surface area contributed by atoms with Gasteiger partial charge < -0.3 is 20.3 Å². The van der Waals surface area contributed by atoms with Gasteiger partial charge in [-0.3, -0.25) is 14.4 Å². The first-order valence-electron chi connectivity index (χ1n) is 8.77. The molecule has 146 valence electrons. The molecule has 0 atom stereocenters. The number of carbonyl (C=O) groups is 3. The Morgan fingerprint density at radius 2 is 1.86 bits per heavy atom. The SMILES string of the molecule is COc1cc(NC(=O)C(=O)Nc2ccccc2SC)ccc1N1CCCC1=O. The van der Waals surface area contributed by atoms with Gasteiger partial charge in [-0.25, -0.2) is 0 Å². The Kier molecular flexibility index (Phi) is 6.20. The van der Waals surface area contributed by atoms with E-state index in [1.807, 2.05) is 18.4 Å². The molecular weight excluding hydrogens is 378 g/mol. The summed E-state index contributed by atoms with van der Waals surface area (Å²) in [5, 5.41) is 5.18. The fraction of sp³-hybridized carbons (Fsp3) is 0.250. The summed E-state index contributed by atoms with van der Waals surface area (Å²) in [7, 11) is 1.50. The lowest BCUT2D eigenvalue weighted by molar-refractivity contribution is -0.133. The van der Waals surface area contributed by atoms with Crippen molar-refractivity contribution in [2.75, 3.05) is 35.4 Å². The minimum absolute atomic E-state index is 0.0434. The lowest BCUT2D eigenvalue weighted by Crippen LogP contribution is -2.29. The highest BCUT2D eigenvalue weighted by molar-refractivity contribution is 7.98. The zero-order chi connectivity index (χ0) is 20.1. The monoisotopic (exact) mass is 399 g/mol. The number of methoxy groups -OCH3 is 1. The van der Waals surface area contributed by atoms with Crippen molar-refractivity contribution in [1.29, 1.82) is 0 Å². The molecule has 0 bridgehead atoms. The molecule has 0 radical (unpaired) electrons. The third-order valence-electron chi connectivity index (χ3n) is 4.36. The Labute approximate surface area is 167 Å². The molecule has 0 unspecified atom stereocenters. The molecule has 0 aliphatic carbocycles. The number of nitrogens with one attached hydrogen (secondary N) is 2. The summed E-state index contributed by atoms with van der Waals surface area (Å²) in [6.07, 6.45) is 3.21. The molecule has 7 nitrogen and oxygen atoms in total. The number of benzene rings is 2. The lowest BCUT2D eigenvalue weighted by atomic mass is 10.2. The average Bonchev–Trinajstić information content (AvgIpc) is 3.13. The van der Waals surface area contributed by atoms with Crippen molar-refractivity contribution >= 4 is 46.5 Å². The summed E-state index contributed by atoms with van der Waals surface area (Å²) in [4.78, 5) is 39.0. The van der Waals surface area contributed by atoms with Crippen LogP contribution in [0.4, 0.5) is 17.1 Å². The molecule has 1 heterocycles. The van der Waals surface area contributed by atoms with Crippen LogP contribution in [0.3, 0.4) is 0 Å². The molecule has 1 aliphatic rings. The average molecular weight is 399 g/mol. The van der Waals surface area contributed by atoms with Crippen LogP contribution in [0.1, 0.15) is 12.8 Å². The fourth-order valence-electron chi connectivity index (χ4n) is 3.00. The van der Waals surface area contributed by atoms with E-state index in [9.17, 15) is 14.4 Å². The Morgan fingerprint density at radius 1 is 1.11 bits per heavy atom. The molecule has 2 N–H and O–H groups in total. The second-order valence-electron chi connectivity index (χ2n) is 6.14. The van der Waals surface area contributed by atoms with E-state index in [0.717, 1.165) is 11.3 Å². The third-order valence-corrected chi connectivity index (χ3v) is 5.16. The van der Waals surface area contributed by atoms with Crippen LogP contribution in [0.15, 0.2) is 47.4 Å². The topological polar surface area (TPSA) is 87.7 Å². The van der Waals surface area contributed by atoms with E-state index in [0.29, 0.717) is 35.8 Å². The van der Waals surface area contributed by atoms with Crippen molar-refractivity contribution in [3.05, 3.63) is 42.5 Å². The van der Waals surface area contributed by atoms with Crippen LogP contribution in [0.25, 0.3) is 0 Å². The lowest BCUT2D eigenvalue weighted by Gasteiger charge is -2.19. The Bertz CT molecular complexity index is 916. The van der Waals surface area contributed by atoms with Gasteiger partial charge in [-0.05, 0) is 36.9 Å². The van der Waals surface area contributed by atoms with E-state index in [2.05, 4.69) is 10.6 Å². The highest BCUT2D eigenvalue weighted by Gasteiger charge is 2.25. The first kappa shape index (κ1) is 19.8. The number of amides is 3. The van der Waals surface area contributed by atoms with Crippen molar-refractivity contribution in [3.8, 4) is 5.75 Å². The normalized spacial score (nSPS) is 13.4. The predicted octanol–water partition coefficient (Wildman–Crippen LogP) is 3.12. The standard InChI is InChI=1S/C20H21N3O4S/c1-27-16-12-13(9-10-15(16)23-11-5-8-18(23)24)21-19(25)20(26)22-14-6-3-4-7-17(14)28-2/h3-4,6-7,9-10,12H,5,8,11H2,1-2H3,(H,21,25)(H,22,26). The number of carbonyl (C=O) groups excluding carboxylic acids is 3. The molecule has 2 aromatic rings. The first-order valence-corrected chi connectivity index (χ1v) is 9.99. The van der Waals surface area contributed by atoms with Crippen LogP contribution in [0.5, 0.6) is 5.75 Å².